The molecule has 1 aliphatic rings. The van der Waals surface area contributed by atoms with Crippen LogP contribution in [0.1, 0.15) is 36.1 Å². The summed E-state index contributed by atoms with van der Waals surface area (Å²) in [5.41, 5.74) is 3.31. The lowest BCUT2D eigenvalue weighted by atomic mass is 10.1. The van der Waals surface area contributed by atoms with Crippen LogP contribution in [0.4, 0.5) is 5.69 Å². The average molecular weight is 330 g/mol. The highest BCUT2D eigenvalue weighted by molar-refractivity contribution is 6.30. The summed E-state index contributed by atoms with van der Waals surface area (Å²) >= 11 is 5.97. The molecule has 1 aliphatic carbocycles. The number of aromatic nitrogens is 4. The Morgan fingerprint density at radius 3 is 3.00 bits per heavy atom. The van der Waals surface area contributed by atoms with Gasteiger partial charge in [-0.05, 0) is 36.6 Å². The van der Waals surface area contributed by atoms with Gasteiger partial charge < -0.3 is 10.4 Å². The molecule has 1 atom stereocenters. The second kappa shape index (κ2) is 5.79. The van der Waals surface area contributed by atoms with Crippen LogP contribution in [0.3, 0.4) is 0 Å². The van der Waals surface area contributed by atoms with Crippen LogP contribution in [0.15, 0.2) is 36.7 Å². The second-order valence-corrected chi connectivity index (χ2v) is 6.24. The Morgan fingerprint density at radius 1 is 1.35 bits per heavy atom. The van der Waals surface area contributed by atoms with Crippen LogP contribution >= 0.6 is 11.6 Å². The summed E-state index contributed by atoms with van der Waals surface area (Å²) in [6, 6.07) is 9.24. The summed E-state index contributed by atoms with van der Waals surface area (Å²) in [5, 5.41) is 26.7. The van der Waals surface area contributed by atoms with Crippen molar-refractivity contribution in [3.05, 3.63) is 52.9 Å². The minimum absolute atomic E-state index is 0.358. The van der Waals surface area contributed by atoms with Gasteiger partial charge in [0.05, 0.1) is 17.5 Å². The maximum atomic E-state index is 10.3. The quantitative estimate of drug-likeness (QED) is 0.753. The maximum Gasteiger partial charge on any atom is 0.200 e. The van der Waals surface area contributed by atoms with Gasteiger partial charge in [0.15, 0.2) is 0 Å². The molecule has 0 spiro atoms. The van der Waals surface area contributed by atoms with Gasteiger partial charge in [0.25, 0.3) is 0 Å². The van der Waals surface area contributed by atoms with E-state index in [-0.39, 0.29) is 0 Å². The molecule has 1 aromatic carbocycles. The van der Waals surface area contributed by atoms with Crippen LogP contribution in [0.2, 0.25) is 5.02 Å². The lowest BCUT2D eigenvalue weighted by Gasteiger charge is -2.14. The Hall–Kier alpha value is -2.18. The van der Waals surface area contributed by atoms with Crippen molar-refractivity contribution in [1.82, 2.24) is 19.8 Å². The first kappa shape index (κ1) is 14.4. The minimum Gasteiger partial charge on any atom is -0.387 e. The Bertz CT molecular complexity index is 845. The first-order valence-electron chi connectivity index (χ1n) is 7.59. The zero-order valence-electron chi connectivity index (χ0n) is 12.4. The summed E-state index contributed by atoms with van der Waals surface area (Å²) in [6.07, 6.45) is 3.28. The van der Waals surface area contributed by atoms with E-state index in [2.05, 4.69) is 20.6 Å². The lowest BCUT2D eigenvalue weighted by molar-refractivity contribution is 0.191. The predicted octanol–water partition coefficient (Wildman–Crippen LogP) is 2.80. The van der Waals surface area contributed by atoms with E-state index < -0.39 is 6.10 Å². The second-order valence-electron chi connectivity index (χ2n) is 5.81. The van der Waals surface area contributed by atoms with Crippen molar-refractivity contribution < 1.29 is 5.11 Å². The normalized spacial score (nSPS) is 15.7. The molecule has 1 unspecified atom stereocenters. The van der Waals surface area contributed by atoms with Gasteiger partial charge in [-0.25, -0.2) is 0 Å². The van der Waals surface area contributed by atoms with Crippen molar-refractivity contribution in [2.24, 2.45) is 0 Å². The smallest absolute Gasteiger partial charge is 0.200 e. The van der Waals surface area contributed by atoms with Gasteiger partial charge in [-0.1, -0.05) is 23.7 Å². The van der Waals surface area contributed by atoms with Gasteiger partial charge in [0.1, 0.15) is 6.33 Å². The number of benzene rings is 1. The third-order valence-corrected chi connectivity index (χ3v) is 4.24. The van der Waals surface area contributed by atoms with Gasteiger partial charge in [-0.2, -0.15) is 9.61 Å². The fourth-order valence-corrected chi connectivity index (χ4v) is 2.79. The van der Waals surface area contributed by atoms with Crippen LogP contribution < -0.4 is 5.32 Å². The molecule has 6 nitrogen and oxygen atoms in total. The number of aliphatic hydroxyl groups is 1. The van der Waals surface area contributed by atoms with Crippen molar-refractivity contribution in [3.8, 4) is 0 Å². The van der Waals surface area contributed by atoms with Crippen molar-refractivity contribution in [2.45, 2.75) is 24.9 Å². The topological polar surface area (TPSA) is 75.3 Å². The molecule has 0 radical (unpaired) electrons. The summed E-state index contributed by atoms with van der Waals surface area (Å²) in [5.74, 6) is 0.528. The highest BCUT2D eigenvalue weighted by Crippen LogP contribution is 2.39. The molecule has 23 heavy (non-hydrogen) atoms. The molecule has 0 bridgehead atoms. The van der Waals surface area contributed by atoms with Gasteiger partial charge in [-0.3, -0.25) is 0 Å². The average Bonchev–Trinajstić information content (AvgIpc) is 3.30. The molecule has 0 saturated heterocycles. The maximum absolute atomic E-state index is 10.3. The molecule has 4 rings (SSSR count). The molecule has 7 heteroatoms. The number of nitrogens with one attached hydrogen (secondary N) is 1. The minimum atomic E-state index is -0.658. The van der Waals surface area contributed by atoms with Crippen LogP contribution in [0.25, 0.3) is 5.65 Å². The van der Waals surface area contributed by atoms with E-state index in [1.54, 1.807) is 23.0 Å². The van der Waals surface area contributed by atoms with Crippen LogP contribution in [0.5, 0.6) is 0 Å². The number of anilines is 1. The summed E-state index contributed by atoms with van der Waals surface area (Å²) in [7, 11) is 0. The zero-order valence-corrected chi connectivity index (χ0v) is 13.1. The fraction of sp³-hybridized carbons (Fsp3) is 0.312. The molecule has 1 saturated carbocycles. The molecule has 2 heterocycles. The SMILES string of the molecule is OC(CNc1cc(C2CC2)nn2cnnc12)c1cccc(Cl)c1. The van der Waals surface area contributed by atoms with Gasteiger partial charge in [0, 0.05) is 17.5 Å². The Morgan fingerprint density at radius 2 is 2.22 bits per heavy atom. The van der Waals surface area contributed by atoms with Crippen LogP contribution in [-0.2, 0) is 0 Å². The van der Waals surface area contributed by atoms with E-state index in [9.17, 15) is 5.11 Å². The van der Waals surface area contributed by atoms with E-state index in [1.807, 2.05) is 18.2 Å². The highest BCUT2D eigenvalue weighted by atomic mass is 35.5. The first-order valence-corrected chi connectivity index (χ1v) is 7.97. The molecule has 2 aromatic heterocycles. The van der Waals surface area contributed by atoms with Crippen molar-refractivity contribution in [1.29, 1.82) is 0 Å². The first-order chi connectivity index (χ1) is 11.2. The van der Waals surface area contributed by atoms with Crippen LogP contribution in [0, 0.1) is 0 Å². The molecular weight excluding hydrogens is 314 g/mol. The molecular formula is C16H16ClN5O. The van der Waals surface area contributed by atoms with Gasteiger partial charge >= 0.3 is 0 Å². The molecule has 0 aliphatic heterocycles. The Kier molecular flexibility index (Phi) is 3.63. The largest absolute Gasteiger partial charge is 0.387 e. The summed E-state index contributed by atoms with van der Waals surface area (Å²) in [6.45, 7) is 0.358. The third-order valence-electron chi connectivity index (χ3n) is 4.00. The van der Waals surface area contributed by atoms with Gasteiger partial charge in [0.2, 0.25) is 5.65 Å². The molecule has 0 amide bonds. The number of hydrogen-bond acceptors (Lipinski definition) is 5. The van der Waals surface area contributed by atoms with Crippen LogP contribution in [-0.4, -0.2) is 31.5 Å². The fourth-order valence-electron chi connectivity index (χ4n) is 2.59. The Balaban J connectivity index is 1.56. The number of halogens is 1. The van der Waals surface area contributed by atoms with Crippen molar-refractivity contribution in [2.75, 3.05) is 11.9 Å². The number of hydrogen-bond donors (Lipinski definition) is 2. The predicted molar refractivity (Wildman–Crippen MR) is 87.7 cm³/mol. The van der Waals surface area contributed by atoms with Crippen molar-refractivity contribution >= 4 is 22.9 Å². The van der Waals surface area contributed by atoms with E-state index in [0.717, 1.165) is 16.9 Å². The molecule has 3 aromatic rings. The standard InChI is InChI=1S/C16H16ClN5O/c17-12-3-1-2-11(6-12)15(23)8-18-14-7-13(10-4-5-10)21-22-9-19-20-16(14)22/h1-3,6-7,9-10,15,18,23H,4-5,8H2. The van der Waals surface area contributed by atoms with E-state index in [4.69, 9.17) is 11.6 Å². The lowest BCUT2D eigenvalue weighted by Crippen LogP contribution is -2.13. The number of rotatable bonds is 5. The highest BCUT2D eigenvalue weighted by Gasteiger charge is 2.26. The molecule has 2 N–H and O–H groups in total. The number of nitrogens with zero attached hydrogens (tertiary/aromatic N) is 4. The monoisotopic (exact) mass is 329 g/mol. The summed E-state index contributed by atoms with van der Waals surface area (Å²) in [4.78, 5) is 0. The van der Waals surface area contributed by atoms with E-state index in [1.165, 1.54) is 12.8 Å². The van der Waals surface area contributed by atoms with Crippen molar-refractivity contribution in [3.63, 3.8) is 0 Å². The Labute approximate surface area is 138 Å². The molecule has 118 valence electrons. The third kappa shape index (κ3) is 3.00. The number of fused-ring (bicyclic) bond motifs is 1. The molecule has 1 fully saturated rings. The zero-order chi connectivity index (χ0) is 15.8. The summed E-state index contributed by atoms with van der Waals surface area (Å²) < 4.78 is 1.68. The van der Waals surface area contributed by atoms with E-state index >= 15 is 0 Å². The number of aliphatic hydroxyl groups excluding tert-OH is 1. The van der Waals surface area contributed by atoms with E-state index in [0.29, 0.717) is 23.1 Å². The van der Waals surface area contributed by atoms with Gasteiger partial charge in [-0.15, -0.1) is 10.2 Å².